The van der Waals surface area contributed by atoms with Gasteiger partial charge in [-0.15, -0.1) is 0 Å². The maximum absolute atomic E-state index is 12.8. The Morgan fingerprint density at radius 2 is 1.83 bits per heavy atom. The zero-order chi connectivity index (χ0) is 21.8. The molecule has 29 heavy (non-hydrogen) atoms. The molecule has 1 aromatic rings. The van der Waals surface area contributed by atoms with Crippen molar-refractivity contribution in [1.82, 2.24) is 9.80 Å². The Bertz CT molecular complexity index is 669. The molecule has 2 rings (SSSR count). The Hall–Kier alpha value is -1.96. The van der Waals surface area contributed by atoms with E-state index < -0.39 is 17.3 Å². The van der Waals surface area contributed by atoms with Crippen LogP contribution in [-0.2, 0) is 10.9 Å². The molecule has 0 saturated carbocycles. The highest BCUT2D eigenvalue weighted by atomic mass is 19.4. The van der Waals surface area contributed by atoms with E-state index in [0.717, 1.165) is 25.0 Å². The number of carbonyl (C=O) groups is 1. The van der Waals surface area contributed by atoms with Crippen LogP contribution in [0.2, 0.25) is 0 Å². The summed E-state index contributed by atoms with van der Waals surface area (Å²) >= 11 is 0. The van der Waals surface area contributed by atoms with Crippen LogP contribution < -0.4 is 4.74 Å². The van der Waals surface area contributed by atoms with Gasteiger partial charge in [-0.3, -0.25) is 0 Å². The van der Waals surface area contributed by atoms with Crippen molar-refractivity contribution in [1.29, 1.82) is 0 Å². The molecule has 0 aromatic heterocycles. The van der Waals surface area contributed by atoms with Gasteiger partial charge in [0.15, 0.2) is 0 Å². The molecule has 5 nitrogen and oxygen atoms in total. The molecule has 0 aliphatic carbocycles. The molecular formula is C21H31F3N2O3. The lowest BCUT2D eigenvalue weighted by Gasteiger charge is -2.38. The van der Waals surface area contributed by atoms with Crippen molar-refractivity contribution in [3.8, 4) is 5.75 Å². The number of nitrogens with zero attached hydrogens (tertiary/aromatic N) is 2. The molecule has 1 aromatic carbocycles. The molecule has 1 unspecified atom stereocenters. The van der Waals surface area contributed by atoms with Crippen LogP contribution in [0.15, 0.2) is 24.3 Å². The normalized spacial score (nSPS) is 19.2. The van der Waals surface area contributed by atoms with Crippen LogP contribution in [0.25, 0.3) is 0 Å². The van der Waals surface area contributed by atoms with Crippen LogP contribution in [0.4, 0.5) is 18.0 Å². The number of benzene rings is 1. The number of likely N-dealkylation sites (N-methyl/N-ethyl adjacent to an activating group) is 1. The zero-order valence-corrected chi connectivity index (χ0v) is 17.8. The van der Waals surface area contributed by atoms with Gasteiger partial charge in [0, 0.05) is 25.6 Å². The van der Waals surface area contributed by atoms with Crippen molar-refractivity contribution >= 4 is 6.09 Å². The number of piperidine rings is 1. The molecule has 0 spiro atoms. The Kier molecular flexibility index (Phi) is 7.43. The summed E-state index contributed by atoms with van der Waals surface area (Å²) in [5.74, 6) is 0.445. The number of likely N-dealkylation sites (tertiary alicyclic amines) is 1. The maximum Gasteiger partial charge on any atom is 0.416 e. The zero-order valence-electron chi connectivity index (χ0n) is 17.8. The van der Waals surface area contributed by atoms with Crippen LogP contribution in [0.3, 0.4) is 0 Å². The minimum atomic E-state index is -4.38. The third kappa shape index (κ3) is 7.42. The molecule has 1 fully saturated rings. The molecule has 1 aliphatic rings. The van der Waals surface area contributed by atoms with E-state index in [4.69, 9.17) is 9.47 Å². The van der Waals surface area contributed by atoms with Gasteiger partial charge in [0.2, 0.25) is 0 Å². The Balaban J connectivity index is 2.09. The standard InChI is InChI=1S/C21H31F3N2O3/c1-20(2,3)29-19(27)26-12-6-7-15(13-26)18(14-25(4)5)28-17-10-8-16(9-11-17)21(22,23)24/h8-11,15,18H,6-7,12-14H2,1-5H3/t15?,18-/m0/s1. The number of alkyl halides is 3. The monoisotopic (exact) mass is 416 g/mol. The second-order valence-electron chi connectivity index (χ2n) is 8.77. The molecular weight excluding hydrogens is 385 g/mol. The SMILES string of the molecule is CN(C)C[C@H](Oc1ccc(C(F)(F)F)cc1)C1CCCN(C(=O)OC(C)(C)C)C1. The Labute approximate surface area is 170 Å². The molecule has 1 heterocycles. The van der Waals surface area contributed by atoms with Crippen molar-refractivity contribution in [3.05, 3.63) is 29.8 Å². The van der Waals surface area contributed by atoms with Crippen molar-refractivity contribution in [2.24, 2.45) is 5.92 Å². The van der Waals surface area contributed by atoms with E-state index in [-0.39, 0.29) is 18.1 Å². The third-order valence-corrected chi connectivity index (χ3v) is 4.65. The number of ether oxygens (including phenoxy) is 2. The topological polar surface area (TPSA) is 42.0 Å². The summed E-state index contributed by atoms with van der Waals surface area (Å²) in [5.41, 5.74) is -1.27. The molecule has 1 saturated heterocycles. The minimum Gasteiger partial charge on any atom is -0.489 e. The predicted octanol–water partition coefficient (Wildman–Crippen LogP) is 4.66. The van der Waals surface area contributed by atoms with Crippen LogP contribution in [0.5, 0.6) is 5.75 Å². The number of carbonyl (C=O) groups excluding carboxylic acids is 1. The lowest BCUT2D eigenvalue weighted by molar-refractivity contribution is -0.137. The van der Waals surface area contributed by atoms with Gasteiger partial charge in [0.25, 0.3) is 0 Å². The third-order valence-electron chi connectivity index (χ3n) is 4.65. The average Bonchev–Trinajstić information content (AvgIpc) is 2.59. The van der Waals surface area contributed by atoms with Crippen molar-refractivity contribution < 1.29 is 27.4 Å². The molecule has 0 N–H and O–H groups in total. The average molecular weight is 416 g/mol. The van der Waals surface area contributed by atoms with Gasteiger partial charge in [-0.1, -0.05) is 0 Å². The highest BCUT2D eigenvalue weighted by Gasteiger charge is 2.34. The maximum atomic E-state index is 12.8. The molecule has 164 valence electrons. The van der Waals surface area contributed by atoms with E-state index >= 15 is 0 Å². The summed E-state index contributed by atoms with van der Waals surface area (Å²) in [6.45, 7) is 7.20. The lowest BCUT2D eigenvalue weighted by Crippen LogP contribution is -2.48. The first kappa shape index (κ1) is 23.3. The fourth-order valence-corrected chi connectivity index (χ4v) is 3.35. The molecule has 0 bridgehead atoms. The van der Waals surface area contributed by atoms with Crippen molar-refractivity contribution in [2.75, 3.05) is 33.7 Å². The fourth-order valence-electron chi connectivity index (χ4n) is 3.35. The molecule has 2 atom stereocenters. The number of halogens is 3. The summed E-state index contributed by atoms with van der Waals surface area (Å²) in [5, 5.41) is 0. The predicted molar refractivity (Wildman–Crippen MR) is 105 cm³/mol. The summed E-state index contributed by atoms with van der Waals surface area (Å²) in [6.07, 6.45) is -3.28. The number of hydrogen-bond donors (Lipinski definition) is 0. The van der Waals surface area contributed by atoms with Gasteiger partial charge in [-0.05, 0) is 72.0 Å². The Morgan fingerprint density at radius 1 is 1.21 bits per heavy atom. The van der Waals surface area contributed by atoms with Gasteiger partial charge in [-0.2, -0.15) is 13.2 Å². The van der Waals surface area contributed by atoms with Crippen molar-refractivity contribution in [2.45, 2.75) is 51.5 Å². The first-order chi connectivity index (χ1) is 13.3. The second kappa shape index (κ2) is 9.24. The van der Waals surface area contributed by atoms with Crippen LogP contribution >= 0.6 is 0 Å². The van der Waals surface area contributed by atoms with E-state index in [0.29, 0.717) is 25.4 Å². The molecule has 1 amide bonds. The van der Waals surface area contributed by atoms with Gasteiger partial charge in [-0.25, -0.2) is 4.79 Å². The van der Waals surface area contributed by atoms with E-state index in [2.05, 4.69) is 0 Å². The quantitative estimate of drug-likeness (QED) is 0.700. The number of amides is 1. The summed E-state index contributed by atoms with van der Waals surface area (Å²) in [6, 6.07) is 4.74. The smallest absolute Gasteiger partial charge is 0.416 e. The summed E-state index contributed by atoms with van der Waals surface area (Å²) in [4.78, 5) is 16.1. The van der Waals surface area contributed by atoms with Gasteiger partial charge < -0.3 is 19.3 Å². The van der Waals surface area contributed by atoms with Crippen LogP contribution in [0, 0.1) is 5.92 Å². The molecule has 1 aliphatic heterocycles. The van der Waals surface area contributed by atoms with E-state index in [9.17, 15) is 18.0 Å². The number of hydrogen-bond acceptors (Lipinski definition) is 4. The highest BCUT2D eigenvalue weighted by Crippen LogP contribution is 2.31. The Morgan fingerprint density at radius 3 is 2.34 bits per heavy atom. The summed E-state index contributed by atoms with van der Waals surface area (Å²) in [7, 11) is 3.83. The van der Waals surface area contributed by atoms with Gasteiger partial charge >= 0.3 is 12.3 Å². The summed E-state index contributed by atoms with van der Waals surface area (Å²) < 4.78 is 49.9. The van der Waals surface area contributed by atoms with E-state index in [1.54, 1.807) is 4.90 Å². The first-order valence-corrected chi connectivity index (χ1v) is 9.82. The highest BCUT2D eigenvalue weighted by molar-refractivity contribution is 5.68. The molecule has 8 heteroatoms. The largest absolute Gasteiger partial charge is 0.489 e. The van der Waals surface area contributed by atoms with Crippen LogP contribution in [-0.4, -0.2) is 61.3 Å². The second-order valence-corrected chi connectivity index (χ2v) is 8.77. The van der Waals surface area contributed by atoms with E-state index in [1.165, 1.54) is 12.1 Å². The lowest BCUT2D eigenvalue weighted by atomic mass is 9.92. The van der Waals surface area contributed by atoms with E-state index in [1.807, 2.05) is 39.8 Å². The fraction of sp³-hybridized carbons (Fsp3) is 0.667. The van der Waals surface area contributed by atoms with Gasteiger partial charge in [0.05, 0.1) is 5.56 Å². The first-order valence-electron chi connectivity index (χ1n) is 9.82. The van der Waals surface area contributed by atoms with Crippen molar-refractivity contribution in [3.63, 3.8) is 0 Å². The molecule has 0 radical (unpaired) electrons. The van der Waals surface area contributed by atoms with Gasteiger partial charge in [0.1, 0.15) is 17.5 Å². The number of rotatable bonds is 5. The van der Waals surface area contributed by atoms with Crippen LogP contribution in [0.1, 0.15) is 39.2 Å². The minimum absolute atomic E-state index is 0.0564.